The minimum atomic E-state index is -4.08. The number of hydrogen-bond donors (Lipinski definition) is 3. The lowest BCUT2D eigenvalue weighted by molar-refractivity contribution is -0.202. The molecule has 4 fully saturated rings. The summed E-state index contributed by atoms with van der Waals surface area (Å²) in [5.74, 6) is 2.13. The van der Waals surface area contributed by atoms with E-state index in [0.29, 0.717) is 35.5 Å². The van der Waals surface area contributed by atoms with Crippen molar-refractivity contribution in [3.05, 3.63) is 42.5 Å². The maximum Gasteiger partial charge on any atom is 0.421 e. The van der Waals surface area contributed by atoms with Gasteiger partial charge in [0.25, 0.3) is 10.0 Å². The molecule has 0 bridgehead atoms. The zero-order valence-corrected chi connectivity index (χ0v) is 26.0. The number of carbonyl (C=O) groups excluding carboxylic acids is 1. The van der Waals surface area contributed by atoms with Crippen LogP contribution >= 0.6 is 0 Å². The van der Waals surface area contributed by atoms with Gasteiger partial charge >= 0.3 is 6.09 Å². The third-order valence-electron chi connectivity index (χ3n) is 12.5. The zero-order valence-electron chi connectivity index (χ0n) is 25.2. The highest BCUT2D eigenvalue weighted by Crippen LogP contribution is 2.69. The fourth-order valence-corrected chi connectivity index (χ4v) is 11.6. The first-order chi connectivity index (χ1) is 20.0. The van der Waals surface area contributed by atoms with Crippen LogP contribution in [0.15, 0.2) is 47.4 Å². The van der Waals surface area contributed by atoms with E-state index in [0.717, 1.165) is 56.8 Å². The number of amides is 1. The van der Waals surface area contributed by atoms with E-state index in [-0.39, 0.29) is 46.4 Å². The molecule has 1 amide bonds. The summed E-state index contributed by atoms with van der Waals surface area (Å²) in [6.45, 7) is 7.18. The van der Waals surface area contributed by atoms with Crippen molar-refractivity contribution in [2.45, 2.75) is 95.7 Å². The number of hydrogen-bond acceptors (Lipinski definition) is 6. The molecule has 0 heterocycles. The van der Waals surface area contributed by atoms with Crippen LogP contribution in [0.3, 0.4) is 0 Å². The summed E-state index contributed by atoms with van der Waals surface area (Å²) in [5, 5.41) is 23.7. The van der Waals surface area contributed by atoms with Gasteiger partial charge in [-0.05, 0) is 109 Å². The Balaban J connectivity index is 1.11. The Morgan fingerprint density at radius 2 is 1.67 bits per heavy atom. The fourth-order valence-electron chi connectivity index (χ4n) is 10.5. The van der Waals surface area contributed by atoms with E-state index in [4.69, 9.17) is 4.74 Å². The van der Waals surface area contributed by atoms with Crippen molar-refractivity contribution in [1.29, 1.82) is 0 Å². The Morgan fingerprint density at radius 1 is 0.952 bits per heavy atom. The SMILES string of the molecule is CC[C@H]1[C@@H](O)[C@@H]2[C@H](CC[C@]3(C)[C@@H](CCOC(=O)NS(=O)(=O)c4cccc5ccccc45)CC[C@@H]23)[C@@]2(C)CC[C@@H](O)C[C@@H]12. The smallest absolute Gasteiger partial charge is 0.421 e. The second kappa shape index (κ2) is 11.1. The van der Waals surface area contributed by atoms with Crippen molar-refractivity contribution in [3.8, 4) is 0 Å². The predicted octanol–water partition coefficient (Wildman–Crippen LogP) is 6.27. The molecule has 0 radical (unpaired) electrons. The predicted molar refractivity (Wildman–Crippen MR) is 162 cm³/mol. The largest absolute Gasteiger partial charge is 0.449 e. The molecule has 2 aromatic rings. The average Bonchev–Trinajstić information content (AvgIpc) is 3.29. The first-order valence-electron chi connectivity index (χ1n) is 16.0. The van der Waals surface area contributed by atoms with Gasteiger partial charge in [-0.3, -0.25) is 0 Å². The lowest BCUT2D eigenvalue weighted by Crippen LogP contribution is -2.62. The van der Waals surface area contributed by atoms with Crippen LogP contribution in [0.25, 0.3) is 10.8 Å². The first-order valence-corrected chi connectivity index (χ1v) is 17.5. The van der Waals surface area contributed by atoms with Crippen molar-refractivity contribution in [2.75, 3.05) is 6.61 Å². The average molecular weight is 598 g/mol. The summed E-state index contributed by atoms with van der Waals surface area (Å²) in [7, 11) is -4.08. The van der Waals surface area contributed by atoms with Gasteiger partial charge in [0.05, 0.1) is 23.7 Å². The highest BCUT2D eigenvalue weighted by molar-refractivity contribution is 7.90. The summed E-state index contributed by atoms with van der Waals surface area (Å²) >= 11 is 0. The van der Waals surface area contributed by atoms with Gasteiger partial charge < -0.3 is 14.9 Å². The maximum absolute atomic E-state index is 13.0. The molecule has 4 saturated carbocycles. The summed E-state index contributed by atoms with van der Waals surface area (Å²) in [6.07, 6.45) is 7.11. The van der Waals surface area contributed by atoms with Gasteiger partial charge in [0.1, 0.15) is 0 Å². The van der Waals surface area contributed by atoms with E-state index in [1.807, 2.05) is 18.2 Å². The van der Waals surface area contributed by atoms with E-state index in [1.165, 1.54) is 6.07 Å². The number of ether oxygens (including phenoxy) is 1. The molecule has 0 spiro atoms. The first kappa shape index (κ1) is 29.9. The Labute approximate surface area is 250 Å². The van der Waals surface area contributed by atoms with Crippen molar-refractivity contribution in [1.82, 2.24) is 4.72 Å². The molecular formula is C34H47NO6S. The third kappa shape index (κ3) is 4.86. The van der Waals surface area contributed by atoms with E-state index in [2.05, 4.69) is 25.5 Å². The topological polar surface area (TPSA) is 113 Å². The number of sulfonamides is 1. The quantitative estimate of drug-likeness (QED) is 0.362. The molecule has 2 aromatic carbocycles. The number of nitrogens with one attached hydrogen (secondary N) is 1. The molecule has 6 rings (SSSR count). The Hall–Kier alpha value is -2.16. The van der Waals surface area contributed by atoms with Crippen molar-refractivity contribution < 1.29 is 28.2 Å². The van der Waals surface area contributed by atoms with Crippen LogP contribution in [-0.4, -0.2) is 43.5 Å². The van der Waals surface area contributed by atoms with E-state index >= 15 is 0 Å². The molecule has 42 heavy (non-hydrogen) atoms. The van der Waals surface area contributed by atoms with Crippen molar-refractivity contribution >= 4 is 26.9 Å². The number of rotatable bonds is 6. The summed E-state index contributed by atoms with van der Waals surface area (Å²) in [6, 6.07) is 12.2. The summed E-state index contributed by atoms with van der Waals surface area (Å²) in [4.78, 5) is 12.7. The molecule has 0 saturated heterocycles. The van der Waals surface area contributed by atoms with Gasteiger partial charge in [-0.1, -0.05) is 63.6 Å². The Morgan fingerprint density at radius 3 is 2.45 bits per heavy atom. The van der Waals surface area contributed by atoms with Gasteiger partial charge in [0.2, 0.25) is 0 Å². The van der Waals surface area contributed by atoms with Crippen LogP contribution in [0.4, 0.5) is 4.79 Å². The summed E-state index contributed by atoms with van der Waals surface area (Å²) < 4.78 is 33.6. The van der Waals surface area contributed by atoms with Crippen LogP contribution in [0, 0.1) is 46.3 Å². The molecule has 0 aromatic heterocycles. The zero-order chi connectivity index (χ0) is 29.9. The molecular weight excluding hydrogens is 550 g/mol. The van der Waals surface area contributed by atoms with Crippen molar-refractivity contribution in [2.24, 2.45) is 46.3 Å². The van der Waals surface area contributed by atoms with Crippen LogP contribution < -0.4 is 4.72 Å². The van der Waals surface area contributed by atoms with Gasteiger partial charge in [-0.2, -0.15) is 0 Å². The Bertz CT molecular complexity index is 1420. The van der Waals surface area contributed by atoms with Gasteiger partial charge in [0, 0.05) is 5.39 Å². The summed E-state index contributed by atoms with van der Waals surface area (Å²) in [5.41, 5.74) is 0.229. The normalized spacial score (nSPS) is 39.6. The van der Waals surface area contributed by atoms with E-state index in [1.54, 1.807) is 18.2 Å². The monoisotopic (exact) mass is 597 g/mol. The van der Waals surface area contributed by atoms with E-state index < -0.39 is 16.1 Å². The lowest BCUT2D eigenvalue weighted by atomic mass is 9.41. The second-order valence-electron chi connectivity index (χ2n) is 14.2. The minimum absolute atomic E-state index is 0.0558. The number of carbonyl (C=O) groups is 1. The van der Waals surface area contributed by atoms with Crippen molar-refractivity contribution in [3.63, 3.8) is 0 Å². The third-order valence-corrected chi connectivity index (χ3v) is 13.9. The molecule has 0 aliphatic heterocycles. The van der Waals surface area contributed by atoms with Gasteiger partial charge in [-0.15, -0.1) is 0 Å². The number of fused-ring (bicyclic) bond motifs is 6. The highest BCUT2D eigenvalue weighted by atomic mass is 32.2. The van der Waals surface area contributed by atoms with Crippen LogP contribution in [0.2, 0.25) is 0 Å². The lowest BCUT2D eigenvalue weighted by Gasteiger charge is -2.64. The van der Waals surface area contributed by atoms with Crippen LogP contribution in [0.1, 0.15) is 78.6 Å². The number of aliphatic hydroxyl groups is 2. The number of benzene rings is 2. The molecule has 4 aliphatic carbocycles. The molecule has 10 atom stereocenters. The molecule has 4 aliphatic rings. The minimum Gasteiger partial charge on any atom is -0.449 e. The second-order valence-corrected chi connectivity index (χ2v) is 15.9. The highest BCUT2D eigenvalue weighted by Gasteiger charge is 2.64. The molecule has 8 heteroatoms. The Kier molecular flexibility index (Phi) is 7.89. The van der Waals surface area contributed by atoms with Gasteiger partial charge in [-0.25, -0.2) is 17.9 Å². The van der Waals surface area contributed by atoms with Crippen LogP contribution in [-0.2, 0) is 14.8 Å². The molecule has 3 N–H and O–H groups in total. The van der Waals surface area contributed by atoms with Crippen LogP contribution in [0.5, 0.6) is 0 Å². The molecule has 230 valence electrons. The number of aliphatic hydroxyl groups excluding tert-OH is 2. The van der Waals surface area contributed by atoms with Gasteiger partial charge in [0.15, 0.2) is 0 Å². The molecule has 7 nitrogen and oxygen atoms in total. The fraction of sp³-hybridized carbons (Fsp3) is 0.676. The standard InChI is InChI=1S/C34H47NO6S/c1-4-24-28-20-23(36)14-17-34(28,3)27-15-18-33(2)22(12-13-26(33)30(27)31(24)37)16-19-41-32(38)35-42(39,40)29-11-7-9-21-8-5-6-10-25(21)29/h5-11,22-24,26-28,30-31,36-37H,4,12-20H2,1-3H3,(H,35,38)/t22-,23-,24-,26+,27+,28+,30+,31-,33-,34-/m1/s1. The maximum atomic E-state index is 13.0. The van der Waals surface area contributed by atoms with E-state index in [9.17, 15) is 23.4 Å². The molecule has 0 unspecified atom stereocenters.